The van der Waals surface area contributed by atoms with Crippen molar-refractivity contribution in [3.63, 3.8) is 0 Å². The second-order valence-electron chi connectivity index (χ2n) is 8.84. The monoisotopic (exact) mass is 414 g/mol. The highest BCUT2D eigenvalue weighted by atomic mass is 19.1. The van der Waals surface area contributed by atoms with Gasteiger partial charge >= 0.3 is 0 Å². The average molecular weight is 415 g/mol. The van der Waals surface area contributed by atoms with Crippen molar-refractivity contribution in [1.29, 1.82) is 0 Å². The Kier molecular flexibility index (Phi) is 7.52. The lowest BCUT2D eigenvalue weighted by molar-refractivity contribution is 0.0569. The van der Waals surface area contributed by atoms with E-state index in [0.717, 1.165) is 58.0 Å². The minimum Gasteiger partial charge on any atom is -0.377 e. The van der Waals surface area contributed by atoms with Crippen LogP contribution in [0.15, 0.2) is 36.7 Å². The number of likely N-dealkylation sites (tertiary alicyclic amines) is 1. The largest absolute Gasteiger partial charge is 0.377 e. The van der Waals surface area contributed by atoms with Gasteiger partial charge in [0.2, 0.25) is 0 Å². The summed E-state index contributed by atoms with van der Waals surface area (Å²) in [4.78, 5) is 4.97. The lowest BCUT2D eigenvalue weighted by Gasteiger charge is -2.35. The predicted octanol–water partition coefficient (Wildman–Crippen LogP) is 3.94. The minimum atomic E-state index is -0.0880. The number of rotatable bonds is 9. The van der Waals surface area contributed by atoms with Crippen LogP contribution in [0.1, 0.15) is 43.7 Å². The molecular formula is C24H35FN4O. The SMILES string of the molecule is CCn1cc(CN(CC2CCN(Cc3ccccc3F)CC2)CC2CCCO2)cn1. The zero-order valence-electron chi connectivity index (χ0n) is 18.2. The number of nitrogens with zero attached hydrogens (tertiary/aromatic N) is 4. The number of hydrogen-bond donors (Lipinski definition) is 0. The maximum atomic E-state index is 14.0. The summed E-state index contributed by atoms with van der Waals surface area (Å²) in [5.41, 5.74) is 2.09. The zero-order chi connectivity index (χ0) is 20.8. The molecule has 0 N–H and O–H groups in total. The molecule has 2 fully saturated rings. The minimum absolute atomic E-state index is 0.0880. The van der Waals surface area contributed by atoms with Gasteiger partial charge in [0.15, 0.2) is 0 Å². The Balaban J connectivity index is 1.30. The van der Waals surface area contributed by atoms with Crippen molar-refractivity contribution in [3.05, 3.63) is 53.6 Å². The summed E-state index contributed by atoms with van der Waals surface area (Å²) >= 11 is 0. The molecule has 3 heterocycles. The molecule has 2 aliphatic rings. The summed E-state index contributed by atoms with van der Waals surface area (Å²) in [6, 6.07) is 7.15. The second-order valence-corrected chi connectivity index (χ2v) is 8.84. The average Bonchev–Trinajstić information content (AvgIpc) is 3.43. The van der Waals surface area contributed by atoms with Crippen molar-refractivity contribution in [3.8, 4) is 0 Å². The van der Waals surface area contributed by atoms with Gasteiger partial charge in [0, 0.05) is 56.7 Å². The van der Waals surface area contributed by atoms with Crippen LogP contribution >= 0.6 is 0 Å². The number of benzene rings is 1. The summed E-state index contributed by atoms with van der Waals surface area (Å²) in [6.45, 7) is 9.78. The van der Waals surface area contributed by atoms with Crippen LogP contribution in [0.3, 0.4) is 0 Å². The van der Waals surface area contributed by atoms with Crippen molar-refractivity contribution in [2.24, 2.45) is 5.92 Å². The van der Waals surface area contributed by atoms with Crippen LogP contribution in [0.5, 0.6) is 0 Å². The molecule has 6 heteroatoms. The Morgan fingerprint density at radius 2 is 2.00 bits per heavy atom. The first kappa shape index (κ1) is 21.5. The molecule has 2 aromatic rings. The normalized spacial score (nSPS) is 21.0. The summed E-state index contributed by atoms with van der Waals surface area (Å²) in [5, 5.41) is 4.44. The third-order valence-electron chi connectivity index (χ3n) is 6.48. The fraction of sp³-hybridized carbons (Fsp3) is 0.625. The van der Waals surface area contributed by atoms with Gasteiger partial charge in [0.1, 0.15) is 5.82 Å². The highest BCUT2D eigenvalue weighted by molar-refractivity contribution is 5.17. The van der Waals surface area contributed by atoms with E-state index in [9.17, 15) is 4.39 Å². The van der Waals surface area contributed by atoms with Crippen molar-refractivity contribution >= 4 is 0 Å². The van der Waals surface area contributed by atoms with Crippen LogP contribution < -0.4 is 0 Å². The highest BCUT2D eigenvalue weighted by Gasteiger charge is 2.25. The van der Waals surface area contributed by atoms with Crippen LogP contribution in [0.4, 0.5) is 4.39 Å². The maximum absolute atomic E-state index is 14.0. The van der Waals surface area contributed by atoms with E-state index in [1.807, 2.05) is 23.0 Å². The summed E-state index contributed by atoms with van der Waals surface area (Å²) in [7, 11) is 0. The lowest BCUT2D eigenvalue weighted by Crippen LogP contribution is -2.40. The van der Waals surface area contributed by atoms with E-state index in [1.54, 1.807) is 12.1 Å². The number of hydrogen-bond acceptors (Lipinski definition) is 4. The van der Waals surface area contributed by atoms with Crippen LogP contribution in [0, 0.1) is 11.7 Å². The molecule has 1 unspecified atom stereocenters. The van der Waals surface area contributed by atoms with E-state index in [4.69, 9.17) is 4.74 Å². The molecule has 0 spiro atoms. The summed E-state index contributed by atoms with van der Waals surface area (Å²) in [6.07, 6.45) is 9.23. The van der Waals surface area contributed by atoms with Crippen molar-refractivity contribution in [2.45, 2.75) is 58.3 Å². The molecule has 0 aliphatic carbocycles. The number of ether oxygens (including phenoxy) is 1. The Morgan fingerprint density at radius 3 is 2.70 bits per heavy atom. The smallest absolute Gasteiger partial charge is 0.127 e. The Labute approximate surface area is 179 Å². The van der Waals surface area contributed by atoms with Crippen molar-refractivity contribution < 1.29 is 9.13 Å². The summed E-state index contributed by atoms with van der Waals surface area (Å²) in [5.74, 6) is 0.597. The molecule has 164 valence electrons. The highest BCUT2D eigenvalue weighted by Crippen LogP contribution is 2.23. The van der Waals surface area contributed by atoms with E-state index >= 15 is 0 Å². The van der Waals surface area contributed by atoms with Gasteiger partial charge in [-0.05, 0) is 57.7 Å². The first-order valence-corrected chi connectivity index (χ1v) is 11.5. The number of aromatic nitrogens is 2. The van der Waals surface area contributed by atoms with Crippen LogP contribution in [0.2, 0.25) is 0 Å². The third-order valence-corrected chi connectivity index (χ3v) is 6.48. The number of aryl methyl sites for hydroxylation is 1. The van der Waals surface area contributed by atoms with Crippen LogP contribution in [0.25, 0.3) is 0 Å². The van der Waals surface area contributed by atoms with Gasteiger partial charge in [-0.3, -0.25) is 14.5 Å². The van der Waals surface area contributed by atoms with Gasteiger partial charge in [-0.2, -0.15) is 5.10 Å². The first-order valence-electron chi connectivity index (χ1n) is 11.5. The molecule has 0 radical (unpaired) electrons. The lowest BCUT2D eigenvalue weighted by atomic mass is 9.95. The van der Waals surface area contributed by atoms with E-state index in [-0.39, 0.29) is 5.82 Å². The summed E-state index contributed by atoms with van der Waals surface area (Å²) < 4.78 is 21.9. The molecule has 1 aromatic carbocycles. The molecule has 30 heavy (non-hydrogen) atoms. The first-order chi connectivity index (χ1) is 14.7. The maximum Gasteiger partial charge on any atom is 0.127 e. The van der Waals surface area contributed by atoms with Gasteiger partial charge in [-0.15, -0.1) is 0 Å². The fourth-order valence-corrected chi connectivity index (χ4v) is 4.76. The third kappa shape index (κ3) is 5.90. The molecule has 0 amide bonds. The number of piperidine rings is 1. The Bertz CT molecular complexity index is 781. The topological polar surface area (TPSA) is 33.5 Å². The molecule has 1 aromatic heterocycles. The van der Waals surface area contributed by atoms with E-state index in [1.165, 1.54) is 31.2 Å². The van der Waals surface area contributed by atoms with Crippen molar-refractivity contribution in [1.82, 2.24) is 19.6 Å². The zero-order valence-corrected chi connectivity index (χ0v) is 18.2. The molecule has 0 bridgehead atoms. The molecule has 1 atom stereocenters. The fourth-order valence-electron chi connectivity index (χ4n) is 4.76. The van der Waals surface area contributed by atoms with E-state index in [2.05, 4.69) is 28.0 Å². The predicted molar refractivity (Wildman–Crippen MR) is 117 cm³/mol. The van der Waals surface area contributed by atoms with Crippen molar-refractivity contribution in [2.75, 3.05) is 32.8 Å². The molecule has 0 saturated carbocycles. The van der Waals surface area contributed by atoms with Crippen LogP contribution in [-0.2, 0) is 24.4 Å². The molecular weight excluding hydrogens is 379 g/mol. The molecule has 4 rings (SSSR count). The van der Waals surface area contributed by atoms with E-state index < -0.39 is 0 Å². The van der Waals surface area contributed by atoms with Gasteiger partial charge in [-0.25, -0.2) is 4.39 Å². The Hall–Kier alpha value is -1.76. The number of halogens is 1. The van der Waals surface area contributed by atoms with Crippen LogP contribution in [-0.4, -0.2) is 58.5 Å². The second kappa shape index (κ2) is 10.5. The van der Waals surface area contributed by atoms with Gasteiger partial charge in [-0.1, -0.05) is 18.2 Å². The Morgan fingerprint density at radius 1 is 1.17 bits per heavy atom. The van der Waals surface area contributed by atoms with Gasteiger partial charge in [0.05, 0.1) is 12.3 Å². The standard InChI is InChI=1S/C24H35FN4O/c1-2-29-17-21(14-26-29)16-28(19-23-7-5-13-30-23)15-20-9-11-27(12-10-20)18-22-6-3-4-8-24(22)25/h3-4,6,8,14,17,20,23H,2,5,7,9-13,15-16,18-19H2,1H3. The quantitative estimate of drug-likeness (QED) is 0.622. The molecule has 5 nitrogen and oxygen atoms in total. The molecule has 2 aliphatic heterocycles. The molecule has 2 saturated heterocycles. The van der Waals surface area contributed by atoms with Gasteiger partial charge in [0.25, 0.3) is 0 Å². The van der Waals surface area contributed by atoms with E-state index in [0.29, 0.717) is 12.0 Å². The van der Waals surface area contributed by atoms with Gasteiger partial charge < -0.3 is 4.74 Å².